The molecule has 6 heteroatoms. The van der Waals surface area contributed by atoms with E-state index in [1.807, 2.05) is 30.3 Å². The number of nitrogens with one attached hydrogen (secondary N) is 1. The zero-order chi connectivity index (χ0) is 15.9. The van der Waals surface area contributed by atoms with Gasteiger partial charge in [0.25, 0.3) is 0 Å². The summed E-state index contributed by atoms with van der Waals surface area (Å²) in [6.45, 7) is 3.90. The van der Waals surface area contributed by atoms with Gasteiger partial charge in [-0.05, 0) is 18.9 Å². The van der Waals surface area contributed by atoms with E-state index in [2.05, 4.69) is 5.32 Å². The number of hydrogen-bond donors (Lipinski definition) is 2. The molecule has 2 atom stereocenters. The molecule has 2 rings (SSSR count). The summed E-state index contributed by atoms with van der Waals surface area (Å²) in [4.78, 5) is 26.0. The summed E-state index contributed by atoms with van der Waals surface area (Å²) in [5.74, 6) is -0.401. The first-order valence-corrected chi connectivity index (χ1v) is 7.54. The van der Waals surface area contributed by atoms with Gasteiger partial charge in [0.2, 0.25) is 11.8 Å². The first kappa shape index (κ1) is 16.5. The van der Waals surface area contributed by atoms with Crippen molar-refractivity contribution in [2.24, 2.45) is 5.73 Å². The summed E-state index contributed by atoms with van der Waals surface area (Å²) < 4.78 is 5.21. The van der Waals surface area contributed by atoms with Crippen molar-refractivity contribution in [2.75, 3.05) is 26.3 Å². The summed E-state index contributed by atoms with van der Waals surface area (Å²) >= 11 is 0. The molecule has 0 spiro atoms. The van der Waals surface area contributed by atoms with E-state index in [9.17, 15) is 9.59 Å². The van der Waals surface area contributed by atoms with E-state index in [1.165, 1.54) is 0 Å². The molecule has 1 saturated heterocycles. The van der Waals surface area contributed by atoms with Gasteiger partial charge in [-0.2, -0.15) is 0 Å². The number of morpholine rings is 1. The van der Waals surface area contributed by atoms with Crippen LogP contribution in [0.3, 0.4) is 0 Å². The molecule has 3 N–H and O–H groups in total. The molecule has 1 aliphatic heterocycles. The van der Waals surface area contributed by atoms with Crippen LogP contribution in [0.4, 0.5) is 0 Å². The van der Waals surface area contributed by atoms with Crippen LogP contribution in [0.1, 0.15) is 12.5 Å². The van der Waals surface area contributed by atoms with E-state index < -0.39 is 12.1 Å². The van der Waals surface area contributed by atoms with Crippen molar-refractivity contribution in [3.05, 3.63) is 35.9 Å². The minimum atomic E-state index is -0.665. The number of hydrogen-bond acceptors (Lipinski definition) is 4. The summed E-state index contributed by atoms with van der Waals surface area (Å²) in [5, 5.41) is 2.70. The molecule has 120 valence electrons. The van der Waals surface area contributed by atoms with Crippen LogP contribution in [-0.4, -0.2) is 55.1 Å². The Bertz CT molecular complexity index is 501. The quantitative estimate of drug-likeness (QED) is 0.797. The average Bonchev–Trinajstić information content (AvgIpc) is 2.55. The third-order valence-electron chi connectivity index (χ3n) is 3.69. The van der Waals surface area contributed by atoms with Gasteiger partial charge in [-0.1, -0.05) is 30.3 Å². The van der Waals surface area contributed by atoms with E-state index >= 15 is 0 Å². The van der Waals surface area contributed by atoms with Crippen LogP contribution in [0.5, 0.6) is 0 Å². The van der Waals surface area contributed by atoms with E-state index in [0.29, 0.717) is 32.7 Å². The molecule has 1 fully saturated rings. The Morgan fingerprint density at radius 2 is 1.91 bits per heavy atom. The fourth-order valence-electron chi connectivity index (χ4n) is 2.40. The summed E-state index contributed by atoms with van der Waals surface area (Å²) in [5.41, 5.74) is 6.92. The van der Waals surface area contributed by atoms with Crippen molar-refractivity contribution < 1.29 is 14.3 Å². The van der Waals surface area contributed by atoms with Gasteiger partial charge in [-0.15, -0.1) is 0 Å². The number of ether oxygens (including phenoxy) is 1. The minimum absolute atomic E-state index is 0.0939. The number of rotatable bonds is 5. The molecule has 1 aliphatic rings. The van der Waals surface area contributed by atoms with E-state index in [0.717, 1.165) is 5.56 Å². The lowest BCUT2D eigenvalue weighted by molar-refractivity contribution is -0.139. The second-order valence-electron chi connectivity index (χ2n) is 5.46. The molecular formula is C16H23N3O3. The Hall–Kier alpha value is -1.92. The predicted octanol–water partition coefficient (Wildman–Crippen LogP) is -0.0801. The molecule has 0 aliphatic carbocycles. The van der Waals surface area contributed by atoms with Crippen LogP contribution in [0, 0.1) is 0 Å². The third-order valence-corrected chi connectivity index (χ3v) is 3.69. The highest BCUT2D eigenvalue weighted by Crippen LogP contribution is 2.04. The van der Waals surface area contributed by atoms with Gasteiger partial charge < -0.3 is 20.7 Å². The zero-order valence-corrected chi connectivity index (χ0v) is 12.8. The average molecular weight is 305 g/mol. The van der Waals surface area contributed by atoms with Gasteiger partial charge in [0.1, 0.15) is 6.04 Å². The lowest BCUT2D eigenvalue weighted by Crippen LogP contribution is -2.53. The number of benzene rings is 1. The molecule has 6 nitrogen and oxygen atoms in total. The number of carbonyl (C=O) groups is 2. The van der Waals surface area contributed by atoms with Gasteiger partial charge in [-0.3, -0.25) is 9.59 Å². The molecule has 0 bridgehead atoms. The predicted molar refractivity (Wildman–Crippen MR) is 83.1 cm³/mol. The number of amides is 2. The maximum atomic E-state index is 12.2. The summed E-state index contributed by atoms with van der Waals surface area (Å²) in [6.07, 6.45) is 0.450. The van der Waals surface area contributed by atoms with Crippen LogP contribution in [0.15, 0.2) is 30.3 Å². The Morgan fingerprint density at radius 3 is 2.55 bits per heavy atom. The van der Waals surface area contributed by atoms with E-state index in [4.69, 9.17) is 10.5 Å². The monoisotopic (exact) mass is 305 g/mol. The second-order valence-corrected chi connectivity index (χ2v) is 5.46. The Labute approximate surface area is 130 Å². The van der Waals surface area contributed by atoms with Gasteiger partial charge in [-0.25, -0.2) is 0 Å². The van der Waals surface area contributed by atoms with Gasteiger partial charge in [0.05, 0.1) is 19.3 Å². The first-order valence-electron chi connectivity index (χ1n) is 7.54. The molecule has 1 heterocycles. The molecule has 0 saturated carbocycles. The van der Waals surface area contributed by atoms with Crippen LogP contribution < -0.4 is 11.1 Å². The largest absolute Gasteiger partial charge is 0.378 e. The maximum Gasteiger partial charge on any atom is 0.245 e. The third kappa shape index (κ3) is 4.54. The lowest BCUT2D eigenvalue weighted by Gasteiger charge is -2.29. The number of nitrogens with zero attached hydrogens (tertiary/aromatic N) is 1. The van der Waals surface area contributed by atoms with Crippen molar-refractivity contribution in [1.29, 1.82) is 0 Å². The molecule has 0 aromatic heterocycles. The lowest BCUT2D eigenvalue weighted by atomic mass is 10.1. The van der Waals surface area contributed by atoms with Crippen LogP contribution in [0.2, 0.25) is 0 Å². The maximum absolute atomic E-state index is 12.2. The molecule has 22 heavy (non-hydrogen) atoms. The first-order chi connectivity index (χ1) is 10.6. The number of carbonyl (C=O) groups excluding carboxylic acids is 2. The van der Waals surface area contributed by atoms with Crippen LogP contribution in [-0.2, 0) is 20.7 Å². The Morgan fingerprint density at radius 1 is 1.27 bits per heavy atom. The van der Waals surface area contributed by atoms with E-state index in [1.54, 1.807) is 11.8 Å². The molecular weight excluding hydrogens is 282 g/mol. The Kier molecular flexibility index (Phi) is 5.91. The molecule has 1 aromatic rings. The SMILES string of the molecule is CC(NC(=O)C(N)Cc1ccccc1)C(=O)N1CCOCC1. The summed E-state index contributed by atoms with van der Waals surface area (Å²) in [7, 11) is 0. The highest BCUT2D eigenvalue weighted by Gasteiger charge is 2.25. The molecule has 2 amide bonds. The smallest absolute Gasteiger partial charge is 0.245 e. The zero-order valence-electron chi connectivity index (χ0n) is 12.8. The topological polar surface area (TPSA) is 84.7 Å². The fraction of sp³-hybridized carbons (Fsp3) is 0.500. The Balaban J connectivity index is 1.83. The fourth-order valence-corrected chi connectivity index (χ4v) is 2.40. The van der Waals surface area contributed by atoms with E-state index in [-0.39, 0.29) is 11.8 Å². The van der Waals surface area contributed by atoms with Crippen molar-refractivity contribution in [2.45, 2.75) is 25.4 Å². The van der Waals surface area contributed by atoms with Crippen molar-refractivity contribution in [1.82, 2.24) is 10.2 Å². The highest BCUT2D eigenvalue weighted by molar-refractivity contribution is 5.89. The highest BCUT2D eigenvalue weighted by atomic mass is 16.5. The minimum Gasteiger partial charge on any atom is -0.378 e. The molecule has 2 unspecified atom stereocenters. The van der Waals surface area contributed by atoms with Crippen molar-refractivity contribution >= 4 is 11.8 Å². The molecule has 1 aromatic carbocycles. The van der Waals surface area contributed by atoms with Gasteiger partial charge in [0, 0.05) is 13.1 Å². The summed E-state index contributed by atoms with van der Waals surface area (Å²) in [6, 6.07) is 8.34. The van der Waals surface area contributed by atoms with Crippen LogP contribution >= 0.6 is 0 Å². The second kappa shape index (κ2) is 7.91. The van der Waals surface area contributed by atoms with Gasteiger partial charge in [0.15, 0.2) is 0 Å². The van der Waals surface area contributed by atoms with Crippen molar-refractivity contribution in [3.8, 4) is 0 Å². The van der Waals surface area contributed by atoms with Gasteiger partial charge >= 0.3 is 0 Å². The standard InChI is InChI=1S/C16H23N3O3/c1-12(16(21)19-7-9-22-10-8-19)18-15(20)14(17)11-13-5-3-2-4-6-13/h2-6,12,14H,7-11,17H2,1H3,(H,18,20). The number of nitrogens with two attached hydrogens (primary N) is 1. The normalized spacial score (nSPS) is 17.6. The van der Waals surface area contributed by atoms with Crippen molar-refractivity contribution in [3.63, 3.8) is 0 Å². The molecule has 0 radical (unpaired) electrons. The van der Waals surface area contributed by atoms with Crippen LogP contribution in [0.25, 0.3) is 0 Å².